The average Bonchev–Trinajstić information content (AvgIpc) is 3.28. The number of anilines is 1. The normalized spacial score (nSPS) is 24.0. The molecule has 180 valence electrons. The van der Waals surface area contributed by atoms with Crippen LogP contribution in [-0.4, -0.2) is 16.5 Å². The summed E-state index contributed by atoms with van der Waals surface area (Å²) in [6.45, 7) is 5.20. The molecule has 0 bridgehead atoms. The average molecular weight is 464 g/mol. The molecule has 7 heteroatoms. The molecule has 33 heavy (non-hydrogen) atoms. The molecule has 4 rings (SSSR count). The minimum Gasteiger partial charge on any atom is -0.347 e. The van der Waals surface area contributed by atoms with Crippen molar-refractivity contribution < 1.29 is 17.6 Å². The van der Waals surface area contributed by atoms with Gasteiger partial charge in [0.05, 0.1) is 17.3 Å². The van der Waals surface area contributed by atoms with Crippen LogP contribution in [0.2, 0.25) is 0 Å². The molecule has 0 unspecified atom stereocenters. The molecule has 0 N–H and O–H groups in total. The van der Waals surface area contributed by atoms with E-state index in [4.69, 9.17) is 0 Å². The lowest BCUT2D eigenvalue weighted by molar-refractivity contribution is -0.137. The van der Waals surface area contributed by atoms with Gasteiger partial charge in [-0.2, -0.15) is 13.2 Å². The molecule has 1 aliphatic heterocycles. The van der Waals surface area contributed by atoms with Gasteiger partial charge in [-0.25, -0.2) is 14.4 Å². The summed E-state index contributed by atoms with van der Waals surface area (Å²) in [6, 6.07) is 5.01. The van der Waals surface area contributed by atoms with Gasteiger partial charge in [-0.15, -0.1) is 0 Å². The summed E-state index contributed by atoms with van der Waals surface area (Å²) in [5, 5.41) is 0. The first-order valence-electron chi connectivity index (χ1n) is 12.2. The molecule has 2 aromatic rings. The molecule has 1 aromatic heterocycles. The van der Waals surface area contributed by atoms with Crippen molar-refractivity contribution in [1.82, 2.24) is 9.97 Å². The SMILES string of the molecule is CC(C)C1CCC(CCc2ncnc(N3CCC[C@@H]3c3ccc(C(F)(F)F)cc3)c2F)CC1. The highest BCUT2D eigenvalue weighted by atomic mass is 19.4. The van der Waals surface area contributed by atoms with Crippen molar-refractivity contribution in [2.45, 2.75) is 77.4 Å². The molecule has 2 fully saturated rings. The quantitative estimate of drug-likeness (QED) is 0.419. The Labute approximate surface area is 193 Å². The summed E-state index contributed by atoms with van der Waals surface area (Å²) in [7, 11) is 0. The lowest BCUT2D eigenvalue weighted by atomic mass is 9.75. The second-order valence-electron chi connectivity index (χ2n) is 9.99. The van der Waals surface area contributed by atoms with E-state index in [2.05, 4.69) is 23.8 Å². The van der Waals surface area contributed by atoms with E-state index in [9.17, 15) is 13.2 Å². The standard InChI is InChI=1S/C26H33F4N3/c1-17(2)19-8-5-18(6-9-19)7-14-22-24(27)25(32-16-31-22)33-15-3-4-23(33)20-10-12-21(13-11-20)26(28,29)30/h10-13,16-19,23H,3-9,14-15H2,1-2H3/t18?,19?,23-/m1/s1. The maximum Gasteiger partial charge on any atom is 0.416 e. The molecular weight excluding hydrogens is 430 g/mol. The molecule has 1 aromatic carbocycles. The van der Waals surface area contributed by atoms with E-state index in [1.54, 1.807) is 0 Å². The number of alkyl halides is 3. The molecular formula is C26H33F4N3. The Morgan fingerprint density at radius 2 is 1.70 bits per heavy atom. The molecule has 2 heterocycles. The molecule has 1 atom stereocenters. The Morgan fingerprint density at radius 1 is 1.00 bits per heavy atom. The number of aryl methyl sites for hydroxylation is 1. The minimum atomic E-state index is -4.37. The Morgan fingerprint density at radius 3 is 2.33 bits per heavy atom. The first kappa shape index (κ1) is 24.0. The number of hydrogen-bond acceptors (Lipinski definition) is 3. The number of benzene rings is 1. The van der Waals surface area contributed by atoms with Gasteiger partial charge in [0.25, 0.3) is 0 Å². The Bertz CT molecular complexity index is 918. The zero-order chi connectivity index (χ0) is 23.6. The van der Waals surface area contributed by atoms with Crippen LogP contribution in [0.15, 0.2) is 30.6 Å². The Kier molecular flexibility index (Phi) is 7.25. The van der Waals surface area contributed by atoms with Crippen LogP contribution in [0, 0.1) is 23.6 Å². The van der Waals surface area contributed by atoms with Gasteiger partial charge in [-0.3, -0.25) is 0 Å². The minimum absolute atomic E-state index is 0.184. The predicted octanol–water partition coefficient (Wildman–Crippen LogP) is 7.37. The lowest BCUT2D eigenvalue weighted by Crippen LogP contribution is -2.25. The molecule has 0 amide bonds. The fourth-order valence-corrected chi connectivity index (χ4v) is 5.52. The highest BCUT2D eigenvalue weighted by Gasteiger charge is 2.33. The van der Waals surface area contributed by atoms with E-state index in [0.717, 1.165) is 48.8 Å². The lowest BCUT2D eigenvalue weighted by Gasteiger charge is -2.31. The zero-order valence-electron chi connectivity index (χ0n) is 19.4. The van der Waals surface area contributed by atoms with Crippen molar-refractivity contribution in [3.63, 3.8) is 0 Å². The van der Waals surface area contributed by atoms with Gasteiger partial charge in [0.1, 0.15) is 6.33 Å². The van der Waals surface area contributed by atoms with Crippen LogP contribution in [0.5, 0.6) is 0 Å². The van der Waals surface area contributed by atoms with E-state index in [-0.39, 0.29) is 17.7 Å². The molecule has 1 aliphatic carbocycles. The molecule has 3 nitrogen and oxygen atoms in total. The van der Waals surface area contributed by atoms with Crippen molar-refractivity contribution >= 4 is 5.82 Å². The van der Waals surface area contributed by atoms with Crippen LogP contribution >= 0.6 is 0 Å². The summed E-state index contributed by atoms with van der Waals surface area (Å²) < 4.78 is 54.2. The highest BCUT2D eigenvalue weighted by Crippen LogP contribution is 2.39. The topological polar surface area (TPSA) is 29.0 Å². The van der Waals surface area contributed by atoms with Gasteiger partial charge in [0.2, 0.25) is 0 Å². The Hall–Kier alpha value is -2.18. The highest BCUT2D eigenvalue weighted by molar-refractivity contribution is 5.46. The van der Waals surface area contributed by atoms with Crippen molar-refractivity contribution in [2.75, 3.05) is 11.4 Å². The second-order valence-corrected chi connectivity index (χ2v) is 9.99. The van der Waals surface area contributed by atoms with Gasteiger partial charge < -0.3 is 4.90 Å². The molecule has 2 aliphatic rings. The van der Waals surface area contributed by atoms with Crippen LogP contribution in [0.25, 0.3) is 0 Å². The third-order valence-corrected chi connectivity index (χ3v) is 7.61. The Balaban J connectivity index is 1.44. The molecule has 0 radical (unpaired) electrons. The van der Waals surface area contributed by atoms with E-state index < -0.39 is 11.7 Å². The van der Waals surface area contributed by atoms with E-state index in [1.807, 2.05) is 4.90 Å². The predicted molar refractivity (Wildman–Crippen MR) is 121 cm³/mol. The van der Waals surface area contributed by atoms with Crippen LogP contribution < -0.4 is 4.90 Å². The van der Waals surface area contributed by atoms with Crippen LogP contribution in [0.1, 0.15) is 81.7 Å². The first-order chi connectivity index (χ1) is 15.7. The fraction of sp³-hybridized carbons (Fsp3) is 0.615. The van der Waals surface area contributed by atoms with E-state index in [0.29, 0.717) is 24.6 Å². The van der Waals surface area contributed by atoms with Gasteiger partial charge >= 0.3 is 6.18 Å². The van der Waals surface area contributed by atoms with Crippen molar-refractivity contribution in [2.24, 2.45) is 17.8 Å². The smallest absolute Gasteiger partial charge is 0.347 e. The van der Waals surface area contributed by atoms with Crippen LogP contribution in [0.4, 0.5) is 23.4 Å². The van der Waals surface area contributed by atoms with E-state index >= 15 is 4.39 Å². The van der Waals surface area contributed by atoms with E-state index in [1.165, 1.54) is 44.1 Å². The molecule has 0 spiro atoms. The number of hydrogen-bond donors (Lipinski definition) is 0. The number of nitrogens with zero attached hydrogens (tertiary/aromatic N) is 3. The number of aromatic nitrogens is 2. The summed E-state index contributed by atoms with van der Waals surface area (Å²) in [5.41, 5.74) is 0.528. The van der Waals surface area contributed by atoms with Crippen molar-refractivity contribution in [3.8, 4) is 0 Å². The first-order valence-corrected chi connectivity index (χ1v) is 12.2. The van der Waals surface area contributed by atoms with Gasteiger partial charge in [-0.1, -0.05) is 38.8 Å². The third kappa shape index (κ3) is 5.49. The van der Waals surface area contributed by atoms with Gasteiger partial charge in [0.15, 0.2) is 11.6 Å². The fourth-order valence-electron chi connectivity index (χ4n) is 5.52. The second kappa shape index (κ2) is 9.98. The zero-order valence-corrected chi connectivity index (χ0v) is 19.4. The summed E-state index contributed by atoms with van der Waals surface area (Å²) in [4.78, 5) is 10.4. The summed E-state index contributed by atoms with van der Waals surface area (Å²) >= 11 is 0. The molecule has 1 saturated heterocycles. The number of rotatable bonds is 6. The van der Waals surface area contributed by atoms with Gasteiger partial charge in [0, 0.05) is 6.54 Å². The van der Waals surface area contributed by atoms with Gasteiger partial charge in [-0.05, 0) is 74.0 Å². The maximum absolute atomic E-state index is 15.4. The van der Waals surface area contributed by atoms with Crippen molar-refractivity contribution in [3.05, 3.63) is 53.2 Å². The summed E-state index contributed by atoms with van der Waals surface area (Å²) in [5.74, 6) is 2.04. The maximum atomic E-state index is 15.4. The van der Waals surface area contributed by atoms with Crippen LogP contribution in [0.3, 0.4) is 0 Å². The largest absolute Gasteiger partial charge is 0.416 e. The third-order valence-electron chi connectivity index (χ3n) is 7.61. The number of halogens is 4. The van der Waals surface area contributed by atoms with Crippen LogP contribution in [-0.2, 0) is 12.6 Å². The van der Waals surface area contributed by atoms with Crippen molar-refractivity contribution in [1.29, 1.82) is 0 Å². The monoisotopic (exact) mass is 463 g/mol. The molecule has 1 saturated carbocycles. The summed E-state index contributed by atoms with van der Waals surface area (Å²) in [6.07, 6.45) is 5.07.